The Labute approximate surface area is 200 Å². The van der Waals surface area contributed by atoms with Crippen LogP contribution in [0.1, 0.15) is 5.82 Å². The average molecular weight is 508 g/mol. The van der Waals surface area contributed by atoms with Gasteiger partial charge in [-0.3, -0.25) is 14.5 Å². The number of aliphatic carboxylic acids is 1. The summed E-state index contributed by atoms with van der Waals surface area (Å²) in [6.45, 7) is 3.52. The number of carboxylic acids is 1. The van der Waals surface area contributed by atoms with Gasteiger partial charge < -0.3 is 21.0 Å². The normalized spacial score (nSPS) is 20.2. The highest BCUT2D eigenvalue weighted by Gasteiger charge is 2.54. The third-order valence-corrected chi connectivity index (χ3v) is 6.98. The summed E-state index contributed by atoms with van der Waals surface area (Å²) in [5.74, 6) is -1.96. The molecule has 3 heterocycles. The molecule has 1 unspecified atom stereocenters. The highest BCUT2D eigenvalue weighted by molar-refractivity contribution is 8.02. The number of carboxylic acid groups (broad SMARTS) is 1. The van der Waals surface area contributed by atoms with Crippen molar-refractivity contribution in [2.75, 3.05) is 23.8 Å². The number of fused-ring (bicyclic) bond motifs is 1. The van der Waals surface area contributed by atoms with Gasteiger partial charge in [-0.05, 0) is 11.0 Å². The minimum absolute atomic E-state index is 0.0299. The number of nitrogens with one attached hydrogen (secondary N) is 1. The van der Waals surface area contributed by atoms with Crippen LogP contribution >= 0.6 is 35.1 Å². The lowest BCUT2D eigenvalue weighted by molar-refractivity contribution is -0.150. The first-order valence-corrected chi connectivity index (χ1v) is 12.0. The maximum Gasteiger partial charge on any atom is 0.352 e. The molecule has 2 atom stereocenters. The number of β-lactam (4-membered cyclic amide) rings is 1. The third kappa shape index (κ3) is 5.35. The summed E-state index contributed by atoms with van der Waals surface area (Å²) in [4.78, 5) is 47.6. The van der Waals surface area contributed by atoms with E-state index in [4.69, 9.17) is 15.8 Å². The van der Waals surface area contributed by atoms with Gasteiger partial charge in [0, 0.05) is 29.1 Å². The molecule has 0 radical (unpaired) electrons. The molecule has 0 aromatic carbocycles. The first kappa shape index (κ1) is 24.3. The molecule has 172 valence electrons. The van der Waals surface area contributed by atoms with E-state index < -0.39 is 29.2 Å². The number of rotatable bonds is 10. The fraction of sp³-hybridized carbons (Fsp3) is 0.278. The van der Waals surface area contributed by atoms with Crippen LogP contribution in [0.2, 0.25) is 0 Å². The second kappa shape index (κ2) is 11.0. The number of carbonyl (C=O) groups excluding carboxylic acids is 2. The fourth-order valence-electron chi connectivity index (χ4n) is 2.90. The highest BCUT2D eigenvalue weighted by atomic mass is 32.2. The number of oxime groups is 1. The highest BCUT2D eigenvalue weighted by Crippen LogP contribution is 2.41. The number of thioether (sulfide) groups is 2. The summed E-state index contributed by atoms with van der Waals surface area (Å²) in [7, 11) is 0. The molecule has 0 saturated carbocycles. The summed E-state index contributed by atoms with van der Waals surface area (Å²) in [6.07, 6.45) is 2.72. The summed E-state index contributed by atoms with van der Waals surface area (Å²) in [5.41, 5.74) is 5.76. The minimum Gasteiger partial charge on any atom is -0.477 e. The van der Waals surface area contributed by atoms with Gasteiger partial charge in [-0.2, -0.15) is 14.6 Å². The molecular weight excluding hydrogens is 490 g/mol. The van der Waals surface area contributed by atoms with Gasteiger partial charge in [0.25, 0.3) is 11.8 Å². The van der Waals surface area contributed by atoms with Crippen LogP contribution in [0.25, 0.3) is 0 Å². The molecule has 0 bridgehead atoms. The Morgan fingerprint density at radius 1 is 1.55 bits per heavy atom. The van der Waals surface area contributed by atoms with Crippen LogP contribution in [0.15, 0.2) is 40.6 Å². The predicted octanol–water partition coefficient (Wildman–Crippen LogP) is 0.536. The van der Waals surface area contributed by atoms with Crippen molar-refractivity contribution in [3.8, 4) is 6.07 Å². The SMILES string of the molecule is C=CCON=C(C(=O)NC1C(=O)N2C(C(=O)O)=C(CS/C=C\C#N)CS[C@@H]12)c1nsc(N)n1. The summed E-state index contributed by atoms with van der Waals surface area (Å²) in [5, 5.41) is 25.6. The molecule has 0 spiro atoms. The average Bonchev–Trinajstić information content (AvgIpc) is 3.22. The van der Waals surface area contributed by atoms with E-state index in [2.05, 4.69) is 26.4 Å². The third-order valence-electron chi connectivity index (χ3n) is 4.25. The van der Waals surface area contributed by atoms with Crippen LogP contribution < -0.4 is 11.1 Å². The molecule has 4 N–H and O–H groups in total. The van der Waals surface area contributed by atoms with Crippen LogP contribution in [0.5, 0.6) is 0 Å². The first-order chi connectivity index (χ1) is 15.9. The number of nitrogens with two attached hydrogens (primary N) is 1. The second-order valence-corrected chi connectivity index (χ2v) is 9.12. The molecule has 1 aromatic rings. The lowest BCUT2D eigenvalue weighted by atomic mass is 10.0. The molecule has 1 fully saturated rings. The minimum atomic E-state index is -1.24. The van der Waals surface area contributed by atoms with Crippen molar-refractivity contribution in [1.82, 2.24) is 19.6 Å². The van der Waals surface area contributed by atoms with E-state index in [-0.39, 0.29) is 29.0 Å². The summed E-state index contributed by atoms with van der Waals surface area (Å²) < 4.78 is 3.95. The van der Waals surface area contributed by atoms with Crippen molar-refractivity contribution >= 4 is 63.7 Å². The molecule has 2 aliphatic heterocycles. The van der Waals surface area contributed by atoms with Crippen molar-refractivity contribution in [2.45, 2.75) is 11.4 Å². The van der Waals surface area contributed by atoms with Gasteiger partial charge >= 0.3 is 5.97 Å². The van der Waals surface area contributed by atoms with Gasteiger partial charge in [-0.15, -0.1) is 23.5 Å². The van der Waals surface area contributed by atoms with Gasteiger partial charge in [0.2, 0.25) is 11.5 Å². The number of allylic oxidation sites excluding steroid dienone is 1. The maximum atomic E-state index is 12.8. The number of hydrogen-bond acceptors (Lipinski definition) is 12. The molecule has 15 heteroatoms. The Bertz CT molecular complexity index is 1110. The van der Waals surface area contributed by atoms with Crippen molar-refractivity contribution in [3.63, 3.8) is 0 Å². The van der Waals surface area contributed by atoms with Crippen LogP contribution in [-0.2, 0) is 19.2 Å². The Balaban J connectivity index is 1.76. The zero-order valence-electron chi connectivity index (χ0n) is 16.8. The Morgan fingerprint density at radius 3 is 2.97 bits per heavy atom. The number of hydrogen-bond donors (Lipinski definition) is 3. The van der Waals surface area contributed by atoms with Gasteiger partial charge in [0.05, 0.1) is 6.07 Å². The van der Waals surface area contributed by atoms with E-state index in [0.717, 1.165) is 16.4 Å². The molecule has 1 saturated heterocycles. The topological polar surface area (TPSA) is 184 Å². The van der Waals surface area contributed by atoms with Crippen molar-refractivity contribution < 1.29 is 24.3 Å². The maximum absolute atomic E-state index is 12.8. The number of carbonyl (C=O) groups is 3. The van der Waals surface area contributed by atoms with E-state index in [1.807, 2.05) is 6.07 Å². The number of nitrogen functional groups attached to an aromatic ring is 1. The van der Waals surface area contributed by atoms with E-state index in [9.17, 15) is 19.5 Å². The quantitative estimate of drug-likeness (QED) is 0.100. The zero-order chi connectivity index (χ0) is 24.0. The van der Waals surface area contributed by atoms with E-state index in [1.54, 1.807) is 5.41 Å². The van der Waals surface area contributed by atoms with Gasteiger partial charge in [-0.1, -0.05) is 17.8 Å². The van der Waals surface area contributed by atoms with Crippen LogP contribution in [-0.4, -0.2) is 72.4 Å². The number of nitriles is 1. The lowest BCUT2D eigenvalue weighted by Crippen LogP contribution is -2.71. The lowest BCUT2D eigenvalue weighted by Gasteiger charge is -2.49. The Kier molecular flexibility index (Phi) is 8.09. The van der Waals surface area contributed by atoms with Crippen molar-refractivity contribution in [1.29, 1.82) is 5.26 Å². The van der Waals surface area contributed by atoms with Crippen LogP contribution in [0, 0.1) is 11.3 Å². The smallest absolute Gasteiger partial charge is 0.352 e. The van der Waals surface area contributed by atoms with Gasteiger partial charge in [-0.25, -0.2) is 4.79 Å². The van der Waals surface area contributed by atoms with Crippen molar-refractivity contribution in [3.05, 3.63) is 41.2 Å². The van der Waals surface area contributed by atoms with Crippen LogP contribution in [0.3, 0.4) is 0 Å². The van der Waals surface area contributed by atoms with Crippen LogP contribution in [0.4, 0.5) is 5.13 Å². The molecule has 2 amide bonds. The zero-order valence-corrected chi connectivity index (χ0v) is 19.3. The Hall–Kier alpha value is -3.35. The fourth-order valence-corrected chi connectivity index (χ4v) is 5.50. The molecule has 0 aliphatic carbocycles. The molecular formula is C18H17N7O5S3. The summed E-state index contributed by atoms with van der Waals surface area (Å²) in [6, 6.07) is 0.886. The second-order valence-electron chi connectivity index (χ2n) is 6.34. The molecule has 33 heavy (non-hydrogen) atoms. The molecule has 1 aromatic heterocycles. The number of nitrogens with zero attached hydrogens (tertiary/aromatic N) is 5. The first-order valence-electron chi connectivity index (χ1n) is 9.16. The van der Waals surface area contributed by atoms with E-state index in [0.29, 0.717) is 17.1 Å². The number of aromatic nitrogens is 2. The van der Waals surface area contributed by atoms with E-state index >= 15 is 0 Å². The van der Waals surface area contributed by atoms with E-state index in [1.165, 1.54) is 35.7 Å². The molecule has 12 nitrogen and oxygen atoms in total. The molecule has 3 rings (SSSR count). The summed E-state index contributed by atoms with van der Waals surface area (Å²) >= 11 is 3.44. The number of amides is 2. The predicted molar refractivity (Wildman–Crippen MR) is 124 cm³/mol. The Morgan fingerprint density at radius 2 is 2.33 bits per heavy atom. The monoisotopic (exact) mass is 507 g/mol. The standard InChI is InChI=1S/C18H17N7O5S3/c1-2-5-30-23-10(13-22-18(20)33-24-13)14(26)21-11-15(27)25-12(17(28)29)9(8-32-16(11)25)7-31-6-3-4-19/h2-3,6,11,16H,1,5,7-8H2,(H,21,26)(H,28,29)(H2,20,22,24)/b6-3-,23-10?/t11?,16-/m0/s1. The molecule has 2 aliphatic rings. The van der Waals surface area contributed by atoms with Gasteiger partial charge in [0.1, 0.15) is 23.7 Å². The largest absolute Gasteiger partial charge is 0.477 e. The number of anilines is 1. The van der Waals surface area contributed by atoms with Crippen molar-refractivity contribution in [2.24, 2.45) is 5.16 Å². The van der Waals surface area contributed by atoms with Gasteiger partial charge in [0.15, 0.2) is 5.13 Å².